The molecule has 0 spiro atoms. The molecule has 0 saturated carbocycles. The fourth-order valence-corrected chi connectivity index (χ4v) is 2.77. The molecule has 0 aliphatic carbocycles. The molecular weight excluding hydrogens is 451 g/mol. The summed E-state index contributed by atoms with van der Waals surface area (Å²) in [6.07, 6.45) is 10.5. The summed E-state index contributed by atoms with van der Waals surface area (Å²) in [7, 11) is 0. The summed E-state index contributed by atoms with van der Waals surface area (Å²) in [5, 5.41) is 6.82. The van der Waals surface area contributed by atoms with Crippen molar-refractivity contribution in [3.05, 3.63) is 42.1 Å². The molecule has 0 bridgehead atoms. The number of aliphatic imine (C=N–C) groups is 1. The van der Waals surface area contributed by atoms with Gasteiger partial charge in [0.15, 0.2) is 5.96 Å². The standard InChI is InChI=1S/C20H32N6.HI/c1-5-7-8-9-16(3)25-20(21-6-2)24-15-18-10-11-19(23-14-18)26-13-12-22-17(26)4;/h10-14,16H,5-9,15H2,1-4H3,(H2,21,24,25);1H. The lowest BCUT2D eigenvalue weighted by Gasteiger charge is -2.17. The Kier molecular flexibility index (Phi) is 11.0. The number of hydrogen-bond donors (Lipinski definition) is 2. The quantitative estimate of drug-likeness (QED) is 0.242. The summed E-state index contributed by atoms with van der Waals surface area (Å²) in [6.45, 7) is 9.96. The van der Waals surface area contributed by atoms with Crippen LogP contribution in [0.3, 0.4) is 0 Å². The highest BCUT2D eigenvalue weighted by molar-refractivity contribution is 14.0. The highest BCUT2D eigenvalue weighted by Crippen LogP contribution is 2.09. The molecule has 7 heteroatoms. The predicted molar refractivity (Wildman–Crippen MR) is 123 cm³/mol. The Bertz CT molecular complexity index is 680. The Hall–Kier alpha value is -1.64. The molecule has 2 heterocycles. The second-order valence-corrected chi connectivity index (χ2v) is 6.61. The average molecular weight is 484 g/mol. The van der Waals surface area contributed by atoms with Crippen molar-refractivity contribution in [2.45, 2.75) is 66.0 Å². The monoisotopic (exact) mass is 484 g/mol. The molecule has 0 saturated heterocycles. The summed E-state index contributed by atoms with van der Waals surface area (Å²) < 4.78 is 1.97. The number of aryl methyl sites for hydroxylation is 1. The number of imidazole rings is 1. The molecule has 0 radical (unpaired) electrons. The van der Waals surface area contributed by atoms with E-state index in [2.05, 4.69) is 47.4 Å². The number of nitrogens with zero attached hydrogens (tertiary/aromatic N) is 4. The number of aromatic nitrogens is 3. The minimum absolute atomic E-state index is 0. The van der Waals surface area contributed by atoms with Crippen LogP contribution in [0, 0.1) is 6.92 Å². The van der Waals surface area contributed by atoms with Crippen molar-refractivity contribution in [3.8, 4) is 5.82 Å². The van der Waals surface area contributed by atoms with Crippen LogP contribution < -0.4 is 10.6 Å². The van der Waals surface area contributed by atoms with Gasteiger partial charge in [-0.1, -0.05) is 32.3 Å². The molecule has 2 aromatic rings. The maximum Gasteiger partial charge on any atom is 0.191 e. The smallest absolute Gasteiger partial charge is 0.191 e. The SMILES string of the molecule is CCCCCC(C)NC(=NCc1ccc(-n2ccnc2C)nc1)NCC.I. The van der Waals surface area contributed by atoms with E-state index in [4.69, 9.17) is 4.99 Å². The molecule has 2 rings (SSSR count). The van der Waals surface area contributed by atoms with Crippen LogP contribution in [0.25, 0.3) is 5.82 Å². The maximum atomic E-state index is 4.70. The first-order chi connectivity index (χ1) is 12.6. The van der Waals surface area contributed by atoms with Crippen LogP contribution in [-0.4, -0.2) is 33.1 Å². The fourth-order valence-electron chi connectivity index (χ4n) is 2.77. The predicted octanol–water partition coefficient (Wildman–Crippen LogP) is 4.22. The van der Waals surface area contributed by atoms with Gasteiger partial charge < -0.3 is 10.6 Å². The van der Waals surface area contributed by atoms with Crippen molar-refractivity contribution in [3.63, 3.8) is 0 Å². The van der Waals surface area contributed by atoms with Crippen molar-refractivity contribution < 1.29 is 0 Å². The van der Waals surface area contributed by atoms with E-state index in [1.165, 1.54) is 25.7 Å². The number of pyridine rings is 1. The van der Waals surface area contributed by atoms with E-state index in [0.717, 1.165) is 29.7 Å². The molecule has 1 atom stereocenters. The lowest BCUT2D eigenvalue weighted by molar-refractivity contribution is 0.547. The van der Waals surface area contributed by atoms with Crippen LogP contribution in [0.1, 0.15) is 57.8 Å². The van der Waals surface area contributed by atoms with Crippen LogP contribution >= 0.6 is 24.0 Å². The van der Waals surface area contributed by atoms with Gasteiger partial charge in [-0.15, -0.1) is 24.0 Å². The largest absolute Gasteiger partial charge is 0.357 e. The van der Waals surface area contributed by atoms with Gasteiger partial charge in [-0.25, -0.2) is 15.0 Å². The molecule has 0 aliphatic rings. The normalized spacial score (nSPS) is 12.4. The number of hydrogen-bond acceptors (Lipinski definition) is 3. The minimum Gasteiger partial charge on any atom is -0.357 e. The molecule has 6 nitrogen and oxygen atoms in total. The average Bonchev–Trinajstić information content (AvgIpc) is 3.06. The molecule has 0 amide bonds. The van der Waals surface area contributed by atoms with Crippen LogP contribution in [-0.2, 0) is 6.54 Å². The third-order valence-corrected chi connectivity index (χ3v) is 4.27. The molecule has 27 heavy (non-hydrogen) atoms. The Labute approximate surface area is 180 Å². The van der Waals surface area contributed by atoms with Gasteiger partial charge in [-0.2, -0.15) is 0 Å². The third-order valence-electron chi connectivity index (χ3n) is 4.27. The van der Waals surface area contributed by atoms with Crippen LogP contribution in [0.2, 0.25) is 0 Å². The number of nitrogens with one attached hydrogen (secondary N) is 2. The highest BCUT2D eigenvalue weighted by atomic mass is 127. The molecule has 2 aromatic heterocycles. The van der Waals surface area contributed by atoms with Gasteiger partial charge in [0, 0.05) is 31.2 Å². The number of rotatable bonds is 9. The maximum absolute atomic E-state index is 4.70. The topological polar surface area (TPSA) is 67.1 Å². The van der Waals surface area contributed by atoms with Crippen molar-refractivity contribution in [1.82, 2.24) is 25.2 Å². The van der Waals surface area contributed by atoms with E-state index in [0.29, 0.717) is 12.6 Å². The second kappa shape index (κ2) is 12.7. The van der Waals surface area contributed by atoms with E-state index >= 15 is 0 Å². The number of halogens is 1. The molecule has 150 valence electrons. The van der Waals surface area contributed by atoms with Gasteiger partial charge in [0.1, 0.15) is 11.6 Å². The van der Waals surface area contributed by atoms with Crippen molar-refractivity contribution >= 4 is 29.9 Å². The summed E-state index contributed by atoms with van der Waals surface area (Å²) in [5.41, 5.74) is 1.09. The Balaban J connectivity index is 0.00000364. The fraction of sp³-hybridized carbons (Fsp3) is 0.550. The van der Waals surface area contributed by atoms with Gasteiger partial charge in [0.25, 0.3) is 0 Å². The summed E-state index contributed by atoms with van der Waals surface area (Å²) >= 11 is 0. The van der Waals surface area contributed by atoms with E-state index < -0.39 is 0 Å². The van der Waals surface area contributed by atoms with Gasteiger partial charge in [-0.05, 0) is 38.8 Å². The first-order valence-corrected chi connectivity index (χ1v) is 9.64. The van der Waals surface area contributed by atoms with Crippen LogP contribution in [0.15, 0.2) is 35.7 Å². The van der Waals surface area contributed by atoms with Gasteiger partial charge in [0.05, 0.1) is 6.54 Å². The van der Waals surface area contributed by atoms with Crippen LogP contribution in [0.4, 0.5) is 0 Å². The van der Waals surface area contributed by atoms with Crippen LogP contribution in [0.5, 0.6) is 0 Å². The van der Waals surface area contributed by atoms with E-state index in [1.807, 2.05) is 30.0 Å². The second-order valence-electron chi connectivity index (χ2n) is 6.61. The van der Waals surface area contributed by atoms with Gasteiger partial charge in [-0.3, -0.25) is 4.57 Å². The van der Waals surface area contributed by atoms with Gasteiger partial charge >= 0.3 is 0 Å². The first kappa shape index (κ1) is 23.4. The molecular formula is C20H33IN6. The zero-order valence-corrected chi connectivity index (χ0v) is 19.2. The van der Waals surface area contributed by atoms with E-state index in [-0.39, 0.29) is 24.0 Å². The Morgan fingerprint density at radius 1 is 1.22 bits per heavy atom. The van der Waals surface area contributed by atoms with Gasteiger partial charge in [0.2, 0.25) is 0 Å². The summed E-state index contributed by atoms with van der Waals surface area (Å²) in [5.74, 6) is 2.67. The summed E-state index contributed by atoms with van der Waals surface area (Å²) in [4.78, 5) is 13.5. The highest BCUT2D eigenvalue weighted by Gasteiger charge is 2.05. The van der Waals surface area contributed by atoms with E-state index in [1.54, 1.807) is 6.20 Å². The third kappa shape index (κ3) is 7.86. The Morgan fingerprint density at radius 3 is 2.63 bits per heavy atom. The molecule has 0 fully saturated rings. The molecule has 0 aromatic carbocycles. The lowest BCUT2D eigenvalue weighted by atomic mass is 10.1. The number of guanidine groups is 1. The summed E-state index contributed by atoms with van der Waals surface area (Å²) in [6, 6.07) is 4.50. The zero-order valence-electron chi connectivity index (χ0n) is 16.9. The van der Waals surface area contributed by atoms with Crippen molar-refractivity contribution in [2.24, 2.45) is 4.99 Å². The van der Waals surface area contributed by atoms with E-state index in [9.17, 15) is 0 Å². The first-order valence-electron chi connectivity index (χ1n) is 9.64. The van der Waals surface area contributed by atoms with Crippen molar-refractivity contribution in [1.29, 1.82) is 0 Å². The lowest BCUT2D eigenvalue weighted by Crippen LogP contribution is -2.42. The molecule has 1 unspecified atom stereocenters. The molecule has 0 aliphatic heterocycles. The Morgan fingerprint density at radius 2 is 2.04 bits per heavy atom. The zero-order chi connectivity index (χ0) is 18.8. The number of unbranched alkanes of at least 4 members (excludes halogenated alkanes) is 2. The molecule has 2 N–H and O–H groups in total. The minimum atomic E-state index is 0. The van der Waals surface area contributed by atoms with Crippen molar-refractivity contribution in [2.75, 3.05) is 6.54 Å².